The van der Waals surface area contributed by atoms with E-state index in [0.29, 0.717) is 0 Å². The predicted octanol–water partition coefficient (Wildman–Crippen LogP) is 25.7. The van der Waals surface area contributed by atoms with Crippen molar-refractivity contribution in [3.8, 4) is 22.3 Å². The predicted molar refractivity (Wildman–Crippen MR) is 428 cm³/mol. The Balaban J connectivity index is 0.829. The molecule has 0 N–H and O–H groups in total. The smallest absolute Gasteiger partial charge is 0.0716 e. The number of aryl methyl sites for hydroxylation is 4. The van der Waals surface area contributed by atoms with Gasteiger partial charge >= 0.3 is 0 Å². The normalized spacial score (nSPS) is 18.3. The van der Waals surface area contributed by atoms with Crippen LogP contribution in [-0.2, 0) is 10.8 Å². The molecule has 4 unspecified atom stereocenters. The molecule has 4 aliphatic rings. The first-order valence-electron chi connectivity index (χ1n) is 35.5. The Labute approximate surface area is 593 Å². The molecule has 0 amide bonds. The molecule has 482 valence electrons. The molecule has 14 aromatic rings. The lowest BCUT2D eigenvalue weighted by Gasteiger charge is -2.44. The SMILES string of the molecule is C=Cc1ccc(C2(c3ccc(C)cc3C)c3ccccc3-c3ccc(N(C4=C5C=CC=CC5(C)C(c5ccc(N(c6ccc7c(c6)C(c6ccc(C=C)cc6)(c6ccc(C)cc6C)c6ccccc6-7)c6cccc7ccccc67)c6ccccc56)C=C4)c4cccc5ccccc45)cc32)cc1. The van der Waals surface area contributed by atoms with E-state index in [9.17, 15) is 0 Å². The maximum absolute atomic E-state index is 4.17. The fourth-order valence-electron chi connectivity index (χ4n) is 18.3. The van der Waals surface area contributed by atoms with Crippen molar-refractivity contribution in [1.82, 2.24) is 0 Å². The third kappa shape index (κ3) is 9.24. The van der Waals surface area contributed by atoms with Crippen molar-refractivity contribution in [2.24, 2.45) is 5.41 Å². The fraction of sp³-hybridized carbons (Fsp3) is 0.0909. The van der Waals surface area contributed by atoms with Crippen molar-refractivity contribution in [2.75, 3.05) is 9.80 Å². The van der Waals surface area contributed by atoms with Gasteiger partial charge in [0, 0.05) is 44.6 Å². The summed E-state index contributed by atoms with van der Waals surface area (Å²) in [6.07, 6.45) is 18.2. The van der Waals surface area contributed by atoms with Crippen LogP contribution in [0.15, 0.2) is 352 Å². The van der Waals surface area contributed by atoms with Gasteiger partial charge < -0.3 is 9.80 Å². The molecule has 0 fully saturated rings. The van der Waals surface area contributed by atoms with Crippen LogP contribution in [-0.4, -0.2) is 0 Å². The monoisotopic (exact) mass is 1290 g/mol. The van der Waals surface area contributed by atoms with Crippen molar-refractivity contribution in [2.45, 2.75) is 51.4 Å². The molecule has 4 aliphatic carbocycles. The van der Waals surface area contributed by atoms with Gasteiger partial charge in [0.1, 0.15) is 0 Å². The lowest BCUT2D eigenvalue weighted by atomic mass is 9.63. The summed E-state index contributed by atoms with van der Waals surface area (Å²) in [7, 11) is 0. The van der Waals surface area contributed by atoms with Crippen LogP contribution in [0.4, 0.5) is 28.4 Å². The van der Waals surface area contributed by atoms with Crippen LogP contribution in [0.5, 0.6) is 0 Å². The summed E-state index contributed by atoms with van der Waals surface area (Å²) in [5, 5.41) is 7.13. The minimum atomic E-state index is -0.635. The van der Waals surface area contributed by atoms with Gasteiger partial charge in [0.15, 0.2) is 0 Å². The number of rotatable bonds is 13. The molecule has 0 aromatic heterocycles. The van der Waals surface area contributed by atoms with Gasteiger partial charge in [0.05, 0.1) is 27.9 Å². The molecule has 0 heterocycles. The third-order valence-electron chi connectivity index (χ3n) is 22.8. The first kappa shape index (κ1) is 61.2. The Morgan fingerprint density at radius 3 is 1.35 bits per heavy atom. The van der Waals surface area contributed by atoms with Gasteiger partial charge in [0.2, 0.25) is 0 Å². The molecule has 2 heteroatoms. The summed E-state index contributed by atoms with van der Waals surface area (Å²) in [6, 6.07) is 110. The number of anilines is 5. The number of allylic oxidation sites excluding steroid dienone is 7. The highest BCUT2D eigenvalue weighted by molar-refractivity contribution is 6.07. The molecule has 101 heavy (non-hydrogen) atoms. The molecule has 0 aliphatic heterocycles. The van der Waals surface area contributed by atoms with Crippen molar-refractivity contribution < 1.29 is 0 Å². The lowest BCUT2D eigenvalue weighted by molar-refractivity contribution is 0.456. The van der Waals surface area contributed by atoms with Crippen LogP contribution in [0, 0.1) is 33.1 Å². The summed E-state index contributed by atoms with van der Waals surface area (Å²) in [6.45, 7) is 19.8. The van der Waals surface area contributed by atoms with Crippen molar-refractivity contribution in [3.63, 3.8) is 0 Å². The third-order valence-corrected chi connectivity index (χ3v) is 22.8. The standard InChI is InChI=1S/C99H76N2/c1-8-68-41-45-72(46-42-68)98(85-54-39-64(3)60-66(85)5)88-34-18-16-31-79(88)82-51-49-74(62-91(82)98)100(93-37-22-26-70-24-10-12-28-76(70)93)95-57-53-81(78-30-14-15-33-84(78)95)87-56-58-96(90-36-20-21-59-97(87,90)7)101(94-38-23-27-71-25-11-13-29-77(71)94)75-50-52-83-80-32-17-19-35-89(80)99(92(83)63-75,73-47-43-69(9-2)44-48-73)86-55-40-65(4)61-67(86)6/h8-63,87H,1-2H2,3-7H3. The Morgan fingerprint density at radius 2 is 0.812 bits per heavy atom. The van der Waals surface area contributed by atoms with Gasteiger partial charge in [-0.25, -0.2) is 0 Å². The van der Waals surface area contributed by atoms with E-state index in [4.69, 9.17) is 0 Å². The quantitative estimate of drug-likeness (QED) is 0.114. The average Bonchev–Trinajstić information content (AvgIpc) is 1.56. The molecule has 0 saturated carbocycles. The van der Waals surface area contributed by atoms with Crippen molar-refractivity contribution in [3.05, 3.63) is 436 Å². The number of hydrogen-bond acceptors (Lipinski definition) is 2. The van der Waals surface area contributed by atoms with Gasteiger partial charge in [-0.1, -0.05) is 322 Å². The Morgan fingerprint density at radius 1 is 0.356 bits per heavy atom. The van der Waals surface area contributed by atoms with Crippen LogP contribution in [0.25, 0.3) is 66.7 Å². The van der Waals surface area contributed by atoms with Gasteiger partial charge in [-0.2, -0.15) is 0 Å². The molecule has 4 atom stereocenters. The van der Waals surface area contributed by atoms with Crippen LogP contribution in [0.1, 0.15) is 96.3 Å². The number of nitrogens with zero attached hydrogens (tertiary/aromatic N) is 2. The van der Waals surface area contributed by atoms with E-state index in [1.165, 1.54) is 132 Å². The van der Waals surface area contributed by atoms with E-state index in [1.54, 1.807) is 0 Å². The Bertz CT molecular complexity index is 5900. The number of fused-ring (bicyclic) bond motifs is 10. The van der Waals surface area contributed by atoms with E-state index in [-0.39, 0.29) is 5.92 Å². The highest BCUT2D eigenvalue weighted by Crippen LogP contribution is 2.62. The maximum Gasteiger partial charge on any atom is 0.0716 e. The first-order chi connectivity index (χ1) is 49.5. The molecular formula is C99H76N2. The number of hydrogen-bond donors (Lipinski definition) is 0. The molecule has 0 spiro atoms. The topological polar surface area (TPSA) is 6.48 Å². The molecule has 0 saturated heterocycles. The van der Waals surface area contributed by atoms with Gasteiger partial charge in [-0.15, -0.1) is 0 Å². The van der Waals surface area contributed by atoms with E-state index >= 15 is 0 Å². The zero-order valence-corrected chi connectivity index (χ0v) is 57.7. The molecule has 0 bridgehead atoms. The second kappa shape index (κ2) is 23.8. The van der Waals surface area contributed by atoms with Crippen LogP contribution >= 0.6 is 0 Å². The molecule has 2 nitrogen and oxygen atoms in total. The van der Waals surface area contributed by atoms with E-state index in [2.05, 4.69) is 385 Å². The molecular weight excluding hydrogens is 1220 g/mol. The zero-order valence-electron chi connectivity index (χ0n) is 57.7. The van der Waals surface area contributed by atoms with E-state index in [0.717, 1.165) is 45.3 Å². The Kier molecular flexibility index (Phi) is 14.5. The van der Waals surface area contributed by atoms with Crippen molar-refractivity contribution >= 4 is 72.9 Å². The highest BCUT2D eigenvalue weighted by Gasteiger charge is 2.50. The summed E-state index contributed by atoms with van der Waals surface area (Å²) in [5.74, 6) is -0.0590. The van der Waals surface area contributed by atoms with Gasteiger partial charge in [-0.05, 0) is 193 Å². The summed E-state index contributed by atoms with van der Waals surface area (Å²) in [5.41, 5.74) is 29.7. The van der Waals surface area contributed by atoms with E-state index in [1.807, 2.05) is 12.2 Å². The second-order valence-corrected chi connectivity index (χ2v) is 28.4. The average molecular weight is 1290 g/mol. The van der Waals surface area contributed by atoms with Gasteiger partial charge in [-0.3, -0.25) is 0 Å². The van der Waals surface area contributed by atoms with Crippen molar-refractivity contribution in [1.29, 1.82) is 0 Å². The minimum Gasteiger partial charge on any atom is -0.310 e. The first-order valence-corrected chi connectivity index (χ1v) is 35.5. The molecule has 14 aromatic carbocycles. The summed E-state index contributed by atoms with van der Waals surface area (Å²) < 4.78 is 0. The van der Waals surface area contributed by atoms with Crippen LogP contribution in [0.3, 0.4) is 0 Å². The summed E-state index contributed by atoms with van der Waals surface area (Å²) in [4.78, 5) is 5.13. The van der Waals surface area contributed by atoms with Gasteiger partial charge in [0.25, 0.3) is 0 Å². The van der Waals surface area contributed by atoms with Crippen LogP contribution in [0.2, 0.25) is 0 Å². The fourth-order valence-corrected chi connectivity index (χ4v) is 18.3. The maximum atomic E-state index is 4.17. The zero-order chi connectivity index (χ0) is 68.3. The second-order valence-electron chi connectivity index (χ2n) is 28.4. The lowest BCUT2D eigenvalue weighted by Crippen LogP contribution is -2.33. The highest BCUT2D eigenvalue weighted by atomic mass is 15.2. The molecule has 18 rings (SSSR count). The Hall–Kier alpha value is -12.1. The van der Waals surface area contributed by atoms with E-state index < -0.39 is 16.2 Å². The van der Waals surface area contributed by atoms with Crippen LogP contribution < -0.4 is 9.80 Å². The molecule has 0 radical (unpaired) electrons. The summed E-state index contributed by atoms with van der Waals surface area (Å²) >= 11 is 0. The number of benzene rings is 14. The minimum absolute atomic E-state index is 0.0590. The largest absolute Gasteiger partial charge is 0.310 e.